The van der Waals surface area contributed by atoms with Crippen molar-refractivity contribution in [2.45, 2.75) is 32.4 Å². The molecule has 0 aliphatic carbocycles. The number of aromatic nitrogens is 1. The van der Waals surface area contributed by atoms with Crippen molar-refractivity contribution in [2.75, 3.05) is 32.5 Å². The van der Waals surface area contributed by atoms with Crippen molar-refractivity contribution in [1.29, 1.82) is 0 Å². The van der Waals surface area contributed by atoms with Gasteiger partial charge in [0.25, 0.3) is 5.91 Å². The van der Waals surface area contributed by atoms with Gasteiger partial charge in [-0.3, -0.25) is 15.1 Å². The summed E-state index contributed by atoms with van der Waals surface area (Å²) in [5, 5.41) is 15.6. The first-order valence-corrected chi connectivity index (χ1v) is 15.7. The summed E-state index contributed by atoms with van der Waals surface area (Å²) < 4.78 is 13.4. The number of rotatable bonds is 9. The van der Waals surface area contributed by atoms with Crippen LogP contribution in [0.3, 0.4) is 0 Å². The van der Waals surface area contributed by atoms with E-state index >= 15 is 0 Å². The molecule has 0 saturated carbocycles. The van der Waals surface area contributed by atoms with Crippen molar-refractivity contribution in [3.8, 4) is 22.9 Å². The molecule has 0 unspecified atom stereocenters. The molecule has 1 aliphatic heterocycles. The molecule has 0 bridgehead atoms. The second-order valence-electron chi connectivity index (χ2n) is 12.0. The number of carbonyl (C=O) groups excluding carboxylic acids is 2. The lowest BCUT2D eigenvalue weighted by Gasteiger charge is -2.29. The summed E-state index contributed by atoms with van der Waals surface area (Å²) in [6.07, 6.45) is 3.03. The molecule has 2 amide bonds. The Morgan fingerprint density at radius 3 is 2.32 bits per heavy atom. The number of benzene rings is 4. The Morgan fingerprint density at radius 2 is 1.62 bits per heavy atom. The third-order valence-corrected chi connectivity index (χ3v) is 8.16. The number of ether oxygens (including phenoxy) is 2. The summed E-state index contributed by atoms with van der Waals surface area (Å²) in [5.41, 5.74) is 7.91. The minimum atomic E-state index is -0.580. The Kier molecular flexibility index (Phi) is 9.53. The monoisotopic (exact) mass is 633 g/mol. The van der Waals surface area contributed by atoms with Gasteiger partial charge in [0.05, 0.1) is 11.6 Å². The van der Waals surface area contributed by atoms with Crippen molar-refractivity contribution in [3.63, 3.8) is 0 Å². The molecule has 3 N–H and O–H groups in total. The normalized spacial score (nSPS) is 13.9. The van der Waals surface area contributed by atoms with Gasteiger partial charge in [-0.15, -0.1) is 0 Å². The van der Waals surface area contributed by atoms with E-state index in [9.17, 15) is 14.7 Å². The zero-order valence-corrected chi connectivity index (χ0v) is 26.8. The Balaban J connectivity index is 1.09. The van der Waals surface area contributed by atoms with Gasteiger partial charge in [0.15, 0.2) is 0 Å². The topological polar surface area (TPSA) is 108 Å². The number of fused-ring (bicyclic) bond motifs is 1. The third-order valence-electron chi connectivity index (χ3n) is 8.16. The van der Waals surface area contributed by atoms with Crippen LogP contribution < -0.4 is 20.2 Å². The number of aliphatic hydroxyl groups is 1. The molecule has 242 valence electrons. The van der Waals surface area contributed by atoms with Crippen molar-refractivity contribution in [3.05, 3.63) is 114 Å². The number of aryl methyl sites for hydroxylation is 1. The summed E-state index contributed by atoms with van der Waals surface area (Å²) >= 11 is 0. The molecule has 1 saturated heterocycles. The van der Waals surface area contributed by atoms with E-state index in [2.05, 4.69) is 44.6 Å². The summed E-state index contributed by atoms with van der Waals surface area (Å²) in [7, 11) is 3.39. The van der Waals surface area contributed by atoms with Gasteiger partial charge in [-0.2, -0.15) is 0 Å². The van der Waals surface area contributed by atoms with Crippen LogP contribution in [0.25, 0.3) is 16.6 Å². The first-order valence-electron chi connectivity index (χ1n) is 15.7. The molecule has 0 atom stereocenters. The highest BCUT2D eigenvalue weighted by molar-refractivity contribution is 6.04. The van der Waals surface area contributed by atoms with Crippen LogP contribution >= 0.6 is 0 Å². The number of amides is 2. The van der Waals surface area contributed by atoms with Crippen molar-refractivity contribution < 1.29 is 24.2 Å². The van der Waals surface area contributed by atoms with Gasteiger partial charge in [-0.25, -0.2) is 9.80 Å². The minimum absolute atomic E-state index is 0.192. The fourth-order valence-electron chi connectivity index (χ4n) is 5.74. The van der Waals surface area contributed by atoms with Crippen LogP contribution in [-0.2, 0) is 6.54 Å². The molecule has 6 rings (SSSR count). The second kappa shape index (κ2) is 14.1. The number of hydrogen-bond donors (Lipinski definition) is 3. The van der Waals surface area contributed by atoms with E-state index in [4.69, 9.17) is 9.47 Å². The number of anilines is 1. The largest absolute Gasteiger partial charge is 0.457 e. The quantitative estimate of drug-likeness (QED) is 0.159. The van der Waals surface area contributed by atoms with E-state index in [1.807, 2.05) is 49.4 Å². The predicted octanol–water partition coefficient (Wildman–Crippen LogP) is 6.51. The molecule has 1 aliphatic rings. The maximum Gasteiger partial charge on any atom is 0.427 e. The standard InChI is InChI=1S/C37H39N5O5/c1-25-22-28(10-17-35(25)46-31-13-15-32(16-14-31)47-37(45)39-40(2)3)38-36(44)26-8-11-29(12-9-26)42-24-27(33-6-4-5-7-34(33)42)23-41-20-18-30(43)19-21-41/h4-17,22,24,30,43H,18-21,23H2,1-3H3,(H,38,44)(H,39,45). The number of hydrogen-bond acceptors (Lipinski definition) is 7. The van der Waals surface area contributed by atoms with Crippen LogP contribution in [0.15, 0.2) is 97.2 Å². The number of hydrazine groups is 1. The molecule has 4 aromatic carbocycles. The van der Waals surface area contributed by atoms with E-state index in [0.29, 0.717) is 28.5 Å². The first-order chi connectivity index (χ1) is 22.7. The molecular weight excluding hydrogens is 594 g/mol. The minimum Gasteiger partial charge on any atom is -0.457 e. The van der Waals surface area contributed by atoms with Crippen molar-refractivity contribution >= 4 is 28.6 Å². The molecule has 10 heteroatoms. The second-order valence-corrected chi connectivity index (χ2v) is 12.0. The highest BCUT2D eigenvalue weighted by Crippen LogP contribution is 2.30. The average molecular weight is 634 g/mol. The maximum absolute atomic E-state index is 13.2. The van der Waals surface area contributed by atoms with Crippen LogP contribution in [0.2, 0.25) is 0 Å². The number of piperidine rings is 1. The highest BCUT2D eigenvalue weighted by Gasteiger charge is 2.19. The van der Waals surface area contributed by atoms with Crippen LogP contribution in [0, 0.1) is 6.92 Å². The Bertz CT molecular complexity index is 1860. The highest BCUT2D eigenvalue weighted by atomic mass is 16.6. The molecule has 0 spiro atoms. The molecule has 47 heavy (non-hydrogen) atoms. The number of carbonyl (C=O) groups is 2. The molecule has 0 radical (unpaired) electrons. The summed E-state index contributed by atoms with van der Waals surface area (Å²) in [6, 6.07) is 28.2. The molecule has 1 aromatic heterocycles. The smallest absolute Gasteiger partial charge is 0.427 e. The van der Waals surface area contributed by atoms with E-state index in [1.54, 1.807) is 44.4 Å². The molecular formula is C37H39N5O5. The van der Waals surface area contributed by atoms with E-state index < -0.39 is 6.09 Å². The van der Waals surface area contributed by atoms with Crippen molar-refractivity contribution in [1.82, 2.24) is 19.9 Å². The predicted molar refractivity (Wildman–Crippen MR) is 182 cm³/mol. The van der Waals surface area contributed by atoms with Crippen LogP contribution in [0.1, 0.15) is 34.3 Å². The van der Waals surface area contributed by atoms with Crippen LogP contribution in [-0.4, -0.2) is 64.9 Å². The zero-order valence-electron chi connectivity index (χ0n) is 26.8. The van der Waals surface area contributed by atoms with Gasteiger partial charge in [0.2, 0.25) is 0 Å². The average Bonchev–Trinajstić information content (AvgIpc) is 3.42. The van der Waals surface area contributed by atoms with E-state index in [-0.39, 0.29) is 12.0 Å². The number of nitrogens with zero attached hydrogens (tertiary/aromatic N) is 3. The Hall–Kier alpha value is -5.16. The first kappa shape index (κ1) is 31.8. The molecule has 1 fully saturated rings. The molecule has 2 heterocycles. The third kappa shape index (κ3) is 7.81. The zero-order chi connectivity index (χ0) is 32.9. The van der Waals surface area contributed by atoms with Gasteiger partial charge >= 0.3 is 6.09 Å². The van der Waals surface area contributed by atoms with Gasteiger partial charge in [-0.1, -0.05) is 18.2 Å². The Labute approximate surface area is 274 Å². The maximum atomic E-state index is 13.2. The van der Waals surface area contributed by atoms with Gasteiger partial charge in [-0.05, 0) is 104 Å². The summed E-state index contributed by atoms with van der Waals surface area (Å²) in [5.74, 6) is 1.41. The lowest BCUT2D eigenvalue weighted by molar-refractivity contribution is 0.0794. The van der Waals surface area contributed by atoms with E-state index in [1.165, 1.54) is 16.0 Å². The van der Waals surface area contributed by atoms with Crippen LogP contribution in [0.4, 0.5) is 10.5 Å². The SMILES string of the molecule is Cc1cc(NC(=O)c2ccc(-n3cc(CN4CCC(O)CC4)c4ccccc43)cc2)ccc1Oc1ccc(OC(=O)NN(C)C)cc1. The fourth-order valence-corrected chi connectivity index (χ4v) is 5.74. The Morgan fingerprint density at radius 1 is 0.915 bits per heavy atom. The molecule has 5 aromatic rings. The number of likely N-dealkylation sites (tertiary alicyclic amines) is 1. The molecule has 10 nitrogen and oxygen atoms in total. The summed E-state index contributed by atoms with van der Waals surface area (Å²) in [4.78, 5) is 27.3. The lowest BCUT2D eigenvalue weighted by atomic mass is 10.1. The number of nitrogens with one attached hydrogen (secondary N) is 2. The number of para-hydroxylation sites is 1. The van der Waals surface area contributed by atoms with Crippen LogP contribution in [0.5, 0.6) is 17.2 Å². The van der Waals surface area contributed by atoms with Crippen molar-refractivity contribution in [2.24, 2.45) is 0 Å². The van der Waals surface area contributed by atoms with Gasteiger partial charge < -0.3 is 24.5 Å². The van der Waals surface area contributed by atoms with Gasteiger partial charge in [0.1, 0.15) is 17.2 Å². The fraction of sp³-hybridized carbons (Fsp3) is 0.243. The summed E-state index contributed by atoms with van der Waals surface area (Å²) in [6.45, 7) is 4.53. The number of aliphatic hydroxyl groups excluding tert-OH is 1. The van der Waals surface area contributed by atoms with Gasteiger partial charge in [0, 0.05) is 62.3 Å². The van der Waals surface area contributed by atoms with E-state index in [0.717, 1.165) is 49.2 Å². The lowest BCUT2D eigenvalue weighted by Crippen LogP contribution is -2.38.